The Balaban J connectivity index is 1.82. The summed E-state index contributed by atoms with van der Waals surface area (Å²) in [5.41, 5.74) is 5.48. The van der Waals surface area contributed by atoms with Crippen molar-refractivity contribution in [3.05, 3.63) is 83.6 Å². The first-order valence-corrected chi connectivity index (χ1v) is 8.50. The van der Waals surface area contributed by atoms with Gasteiger partial charge >= 0.3 is 0 Å². The van der Waals surface area contributed by atoms with E-state index in [1.165, 1.54) is 11.1 Å². The highest BCUT2D eigenvalue weighted by molar-refractivity contribution is 5.48. The van der Waals surface area contributed by atoms with E-state index in [-0.39, 0.29) is 6.04 Å². The number of nitrogens with zero attached hydrogens (tertiary/aromatic N) is 6. The second-order valence-electron chi connectivity index (χ2n) is 6.48. The summed E-state index contributed by atoms with van der Waals surface area (Å²) in [6.07, 6.45) is 9.26. The molecule has 6 nitrogen and oxygen atoms in total. The largest absolute Gasteiger partial charge is 0.333 e. The lowest BCUT2D eigenvalue weighted by Gasteiger charge is -2.18. The van der Waals surface area contributed by atoms with E-state index in [1.54, 1.807) is 12.4 Å². The Kier molecular flexibility index (Phi) is 4.08. The van der Waals surface area contributed by atoms with Crippen LogP contribution < -0.4 is 0 Å². The van der Waals surface area contributed by atoms with Gasteiger partial charge in [-0.1, -0.05) is 29.5 Å². The summed E-state index contributed by atoms with van der Waals surface area (Å²) in [5.74, 6) is 0.793. The summed E-state index contributed by atoms with van der Waals surface area (Å²) in [6.45, 7) is 4.24. The van der Waals surface area contributed by atoms with Crippen LogP contribution in [0.25, 0.3) is 11.5 Å². The van der Waals surface area contributed by atoms with E-state index < -0.39 is 0 Å². The molecule has 0 radical (unpaired) electrons. The third-order valence-corrected chi connectivity index (χ3v) is 4.67. The number of aryl methyl sites for hydroxylation is 3. The molecular formula is C20H20N6. The van der Waals surface area contributed by atoms with Crippen molar-refractivity contribution in [3.8, 4) is 11.5 Å². The van der Waals surface area contributed by atoms with Gasteiger partial charge in [0.1, 0.15) is 11.7 Å². The lowest BCUT2D eigenvalue weighted by molar-refractivity contribution is 0.569. The van der Waals surface area contributed by atoms with E-state index in [2.05, 4.69) is 58.4 Å². The molecule has 0 aliphatic rings. The van der Waals surface area contributed by atoms with Gasteiger partial charge in [-0.2, -0.15) is 0 Å². The van der Waals surface area contributed by atoms with Crippen LogP contribution >= 0.6 is 0 Å². The van der Waals surface area contributed by atoms with Crippen LogP contribution in [0.3, 0.4) is 0 Å². The highest BCUT2D eigenvalue weighted by atomic mass is 15.4. The molecule has 0 spiro atoms. The average molecular weight is 344 g/mol. The van der Waals surface area contributed by atoms with Gasteiger partial charge in [-0.3, -0.25) is 4.98 Å². The summed E-state index contributed by atoms with van der Waals surface area (Å²) in [4.78, 5) is 8.65. The number of rotatable bonds is 4. The molecule has 0 saturated carbocycles. The highest BCUT2D eigenvalue weighted by Crippen LogP contribution is 2.28. The van der Waals surface area contributed by atoms with Gasteiger partial charge in [0.15, 0.2) is 5.82 Å². The molecule has 0 aliphatic carbocycles. The van der Waals surface area contributed by atoms with Crippen LogP contribution in [0, 0.1) is 13.8 Å². The molecule has 0 saturated heterocycles. The number of imidazole rings is 1. The minimum absolute atomic E-state index is 0.0930. The first kappa shape index (κ1) is 16.2. The van der Waals surface area contributed by atoms with E-state index in [0.29, 0.717) is 0 Å². The molecule has 0 N–H and O–H groups in total. The second kappa shape index (κ2) is 6.55. The molecule has 6 heteroatoms. The predicted octanol–water partition coefficient (Wildman–Crippen LogP) is 3.33. The van der Waals surface area contributed by atoms with E-state index in [0.717, 1.165) is 22.6 Å². The van der Waals surface area contributed by atoms with Gasteiger partial charge in [0.05, 0.1) is 6.20 Å². The summed E-state index contributed by atoms with van der Waals surface area (Å²) in [5, 5.41) is 8.74. The average Bonchev–Trinajstić information content (AvgIpc) is 3.28. The normalized spacial score (nSPS) is 12.3. The molecular weight excluding hydrogens is 324 g/mol. The summed E-state index contributed by atoms with van der Waals surface area (Å²) in [6, 6.07) is 10.4. The molecule has 3 aromatic heterocycles. The molecule has 26 heavy (non-hydrogen) atoms. The SMILES string of the molecule is Cc1ccc(C(c2cccnc2)n2cc(-c3nccn3C)nn2)cc1C. The third-order valence-electron chi connectivity index (χ3n) is 4.67. The zero-order valence-corrected chi connectivity index (χ0v) is 15.0. The van der Waals surface area contributed by atoms with Gasteiger partial charge in [-0.25, -0.2) is 9.67 Å². The number of aromatic nitrogens is 6. The Labute approximate surface area is 152 Å². The zero-order valence-electron chi connectivity index (χ0n) is 15.0. The number of benzene rings is 1. The van der Waals surface area contributed by atoms with Crippen LogP contribution in [0.5, 0.6) is 0 Å². The Bertz CT molecular complexity index is 1030. The smallest absolute Gasteiger partial charge is 0.161 e. The minimum Gasteiger partial charge on any atom is -0.333 e. The topological polar surface area (TPSA) is 61.4 Å². The first-order chi connectivity index (χ1) is 12.6. The molecule has 0 aliphatic heterocycles. The second-order valence-corrected chi connectivity index (χ2v) is 6.48. The number of hydrogen-bond acceptors (Lipinski definition) is 4. The van der Waals surface area contributed by atoms with E-state index in [9.17, 15) is 0 Å². The molecule has 0 amide bonds. The van der Waals surface area contributed by atoms with Crippen molar-refractivity contribution in [2.24, 2.45) is 7.05 Å². The minimum atomic E-state index is -0.0930. The Morgan fingerprint density at radius 3 is 2.58 bits per heavy atom. The van der Waals surface area contributed by atoms with Crippen LogP contribution in [0.4, 0.5) is 0 Å². The fourth-order valence-electron chi connectivity index (χ4n) is 3.09. The molecule has 1 unspecified atom stereocenters. The van der Waals surface area contributed by atoms with E-state index >= 15 is 0 Å². The Morgan fingerprint density at radius 2 is 1.88 bits per heavy atom. The first-order valence-electron chi connectivity index (χ1n) is 8.50. The molecule has 1 atom stereocenters. The Hall–Kier alpha value is -3.28. The third kappa shape index (κ3) is 2.90. The van der Waals surface area contributed by atoms with Gasteiger partial charge in [0.2, 0.25) is 0 Å². The van der Waals surface area contributed by atoms with Crippen LogP contribution in [0.2, 0.25) is 0 Å². The maximum Gasteiger partial charge on any atom is 0.161 e. The standard InChI is InChI=1S/C20H20N6/c1-14-6-7-16(11-15(14)2)19(17-5-4-8-21-12-17)26-13-18(23-24-26)20-22-9-10-25(20)3/h4-13,19H,1-3H3. The maximum absolute atomic E-state index is 4.40. The molecule has 4 rings (SSSR count). The highest BCUT2D eigenvalue weighted by Gasteiger charge is 2.20. The molecule has 130 valence electrons. The Morgan fingerprint density at radius 1 is 1.00 bits per heavy atom. The predicted molar refractivity (Wildman–Crippen MR) is 99.6 cm³/mol. The van der Waals surface area contributed by atoms with Crippen molar-refractivity contribution in [1.82, 2.24) is 29.5 Å². The van der Waals surface area contributed by atoms with Crippen molar-refractivity contribution in [2.45, 2.75) is 19.9 Å². The monoisotopic (exact) mass is 344 g/mol. The van der Waals surface area contributed by atoms with Crippen LogP contribution in [-0.2, 0) is 7.05 Å². The number of hydrogen-bond donors (Lipinski definition) is 0. The van der Waals surface area contributed by atoms with Gasteiger partial charge < -0.3 is 4.57 Å². The van der Waals surface area contributed by atoms with Gasteiger partial charge in [-0.05, 0) is 42.2 Å². The molecule has 1 aromatic carbocycles. The van der Waals surface area contributed by atoms with Gasteiger partial charge in [-0.15, -0.1) is 5.10 Å². The van der Waals surface area contributed by atoms with Crippen molar-refractivity contribution in [1.29, 1.82) is 0 Å². The fourth-order valence-corrected chi connectivity index (χ4v) is 3.09. The molecule has 0 bridgehead atoms. The van der Waals surface area contributed by atoms with Crippen LogP contribution in [0.15, 0.2) is 61.3 Å². The molecule has 3 heterocycles. The van der Waals surface area contributed by atoms with Crippen molar-refractivity contribution in [3.63, 3.8) is 0 Å². The maximum atomic E-state index is 4.40. The summed E-state index contributed by atoms with van der Waals surface area (Å²) >= 11 is 0. The van der Waals surface area contributed by atoms with Crippen molar-refractivity contribution in [2.75, 3.05) is 0 Å². The van der Waals surface area contributed by atoms with Crippen LogP contribution in [0.1, 0.15) is 28.3 Å². The lowest BCUT2D eigenvalue weighted by atomic mass is 9.97. The van der Waals surface area contributed by atoms with E-state index in [1.807, 2.05) is 41.0 Å². The molecule has 0 fully saturated rings. The van der Waals surface area contributed by atoms with Crippen molar-refractivity contribution >= 4 is 0 Å². The zero-order chi connectivity index (χ0) is 18.1. The number of pyridine rings is 1. The van der Waals surface area contributed by atoms with Gasteiger partial charge in [0, 0.05) is 31.8 Å². The summed E-state index contributed by atoms with van der Waals surface area (Å²) < 4.78 is 3.81. The quantitative estimate of drug-likeness (QED) is 0.570. The van der Waals surface area contributed by atoms with Crippen LogP contribution in [-0.4, -0.2) is 29.5 Å². The lowest BCUT2D eigenvalue weighted by Crippen LogP contribution is -2.13. The van der Waals surface area contributed by atoms with Crippen molar-refractivity contribution < 1.29 is 0 Å². The van der Waals surface area contributed by atoms with E-state index in [4.69, 9.17) is 0 Å². The summed E-state index contributed by atoms with van der Waals surface area (Å²) in [7, 11) is 1.95. The van der Waals surface area contributed by atoms with Gasteiger partial charge in [0.25, 0.3) is 0 Å². The molecule has 4 aromatic rings. The fraction of sp³-hybridized carbons (Fsp3) is 0.200.